The second-order valence-corrected chi connectivity index (χ2v) is 7.65. The maximum absolute atomic E-state index is 12.4. The van der Waals surface area contributed by atoms with Crippen molar-refractivity contribution in [2.75, 3.05) is 26.2 Å². The van der Waals surface area contributed by atoms with Crippen LogP contribution in [0.5, 0.6) is 0 Å². The first-order valence-electron chi connectivity index (χ1n) is 9.56. The van der Waals surface area contributed by atoms with Crippen LogP contribution in [0.25, 0.3) is 0 Å². The van der Waals surface area contributed by atoms with Crippen molar-refractivity contribution in [3.8, 4) is 0 Å². The van der Waals surface area contributed by atoms with Crippen LogP contribution < -0.4 is 5.32 Å². The Kier molecular flexibility index (Phi) is 4.79. The van der Waals surface area contributed by atoms with Crippen LogP contribution >= 0.6 is 0 Å². The molecule has 6 nitrogen and oxygen atoms in total. The van der Waals surface area contributed by atoms with Gasteiger partial charge in [-0.1, -0.05) is 0 Å². The molecule has 25 heavy (non-hydrogen) atoms. The fourth-order valence-electron chi connectivity index (χ4n) is 4.10. The maximum atomic E-state index is 12.4. The highest BCUT2D eigenvalue weighted by Crippen LogP contribution is 2.26. The van der Waals surface area contributed by atoms with Gasteiger partial charge in [-0.15, -0.1) is 0 Å². The molecule has 0 radical (unpaired) electrons. The SMILES string of the molecule is O=C(NC1CC1)C1CCCN(C2CCN(C(=O)c3ccoc3)CC2)C1. The van der Waals surface area contributed by atoms with Crippen molar-refractivity contribution in [2.24, 2.45) is 5.92 Å². The van der Waals surface area contributed by atoms with Crippen LogP contribution in [-0.4, -0.2) is 59.9 Å². The molecule has 1 atom stereocenters. The molecule has 136 valence electrons. The summed E-state index contributed by atoms with van der Waals surface area (Å²) in [4.78, 5) is 29.1. The summed E-state index contributed by atoms with van der Waals surface area (Å²) in [6.45, 7) is 3.51. The molecule has 2 saturated heterocycles. The van der Waals surface area contributed by atoms with Gasteiger partial charge in [0.2, 0.25) is 5.91 Å². The van der Waals surface area contributed by atoms with E-state index in [0.717, 1.165) is 64.7 Å². The fraction of sp³-hybridized carbons (Fsp3) is 0.684. The van der Waals surface area contributed by atoms with Crippen LogP contribution in [0.4, 0.5) is 0 Å². The first-order valence-corrected chi connectivity index (χ1v) is 9.56. The molecule has 2 amide bonds. The van der Waals surface area contributed by atoms with E-state index in [9.17, 15) is 9.59 Å². The third-order valence-electron chi connectivity index (χ3n) is 5.78. The molecule has 1 unspecified atom stereocenters. The van der Waals surface area contributed by atoms with Crippen LogP contribution in [0.1, 0.15) is 48.9 Å². The Morgan fingerprint density at radius 3 is 2.56 bits per heavy atom. The Morgan fingerprint density at radius 1 is 1.08 bits per heavy atom. The summed E-state index contributed by atoms with van der Waals surface area (Å²) in [7, 11) is 0. The average Bonchev–Trinajstić information content (AvgIpc) is 3.30. The van der Waals surface area contributed by atoms with Crippen molar-refractivity contribution in [3.05, 3.63) is 24.2 Å². The first-order chi connectivity index (χ1) is 12.2. The van der Waals surface area contributed by atoms with Gasteiger partial charge in [-0.3, -0.25) is 14.5 Å². The van der Waals surface area contributed by atoms with Gasteiger partial charge >= 0.3 is 0 Å². The molecule has 6 heteroatoms. The smallest absolute Gasteiger partial charge is 0.257 e. The van der Waals surface area contributed by atoms with Crippen LogP contribution in [0.2, 0.25) is 0 Å². The quantitative estimate of drug-likeness (QED) is 0.905. The topological polar surface area (TPSA) is 65.8 Å². The number of likely N-dealkylation sites (tertiary alicyclic amines) is 2. The van der Waals surface area contributed by atoms with Gasteiger partial charge in [0.1, 0.15) is 6.26 Å². The number of nitrogens with zero attached hydrogens (tertiary/aromatic N) is 2. The number of hydrogen-bond acceptors (Lipinski definition) is 4. The monoisotopic (exact) mass is 345 g/mol. The highest BCUT2D eigenvalue weighted by Gasteiger charge is 2.34. The van der Waals surface area contributed by atoms with E-state index in [2.05, 4.69) is 10.2 Å². The normalized spacial score (nSPS) is 25.8. The third-order valence-corrected chi connectivity index (χ3v) is 5.78. The second kappa shape index (κ2) is 7.20. The minimum absolute atomic E-state index is 0.0625. The maximum Gasteiger partial charge on any atom is 0.257 e. The Hall–Kier alpha value is -1.82. The molecule has 1 N–H and O–H groups in total. The van der Waals surface area contributed by atoms with Crippen molar-refractivity contribution in [2.45, 2.75) is 50.6 Å². The first kappa shape index (κ1) is 16.6. The van der Waals surface area contributed by atoms with Gasteiger partial charge in [-0.25, -0.2) is 0 Å². The predicted octanol–water partition coefficient (Wildman–Crippen LogP) is 1.87. The Balaban J connectivity index is 1.28. The largest absolute Gasteiger partial charge is 0.472 e. The molecular formula is C19H27N3O3. The zero-order chi connectivity index (χ0) is 17.2. The molecule has 2 aliphatic heterocycles. The number of carbonyl (C=O) groups is 2. The lowest BCUT2D eigenvalue weighted by molar-refractivity contribution is -0.127. The summed E-state index contributed by atoms with van der Waals surface area (Å²) in [5.41, 5.74) is 0.633. The van der Waals surface area contributed by atoms with Crippen molar-refractivity contribution in [1.82, 2.24) is 15.1 Å². The van der Waals surface area contributed by atoms with Crippen molar-refractivity contribution >= 4 is 11.8 Å². The molecule has 1 saturated carbocycles. The number of amides is 2. The summed E-state index contributed by atoms with van der Waals surface area (Å²) in [6, 6.07) is 2.66. The van der Waals surface area contributed by atoms with Crippen LogP contribution in [-0.2, 0) is 4.79 Å². The molecule has 3 heterocycles. The number of hydrogen-bond donors (Lipinski definition) is 1. The average molecular weight is 345 g/mol. The molecule has 1 aromatic rings. The van der Waals surface area contributed by atoms with Crippen LogP contribution in [0.3, 0.4) is 0 Å². The van der Waals surface area contributed by atoms with Gasteiger partial charge in [-0.2, -0.15) is 0 Å². The molecule has 1 aromatic heterocycles. The lowest BCUT2D eigenvalue weighted by atomic mass is 9.93. The third kappa shape index (κ3) is 3.89. The molecule has 4 rings (SSSR count). The number of rotatable bonds is 4. The van der Waals surface area contributed by atoms with Crippen LogP contribution in [0, 0.1) is 5.92 Å². The van der Waals surface area contributed by atoms with E-state index >= 15 is 0 Å². The van der Waals surface area contributed by atoms with E-state index in [1.165, 1.54) is 6.26 Å². The predicted molar refractivity (Wildman–Crippen MR) is 93.1 cm³/mol. The molecule has 0 spiro atoms. The van der Waals surface area contributed by atoms with E-state index in [4.69, 9.17) is 4.42 Å². The Labute approximate surface area is 148 Å². The van der Waals surface area contributed by atoms with E-state index in [0.29, 0.717) is 17.6 Å². The Morgan fingerprint density at radius 2 is 1.88 bits per heavy atom. The standard InChI is InChI=1S/C19H27N3O3/c23-18(20-16-3-4-16)14-2-1-8-22(12-14)17-5-9-21(10-6-17)19(24)15-7-11-25-13-15/h7,11,13-14,16-17H,1-6,8-10,12H2,(H,20,23). The molecule has 0 aromatic carbocycles. The van der Waals surface area contributed by atoms with Crippen molar-refractivity contribution < 1.29 is 14.0 Å². The summed E-state index contributed by atoms with van der Waals surface area (Å²) in [5, 5.41) is 3.16. The van der Waals surface area contributed by atoms with E-state index < -0.39 is 0 Å². The number of carbonyl (C=O) groups excluding carboxylic acids is 2. The van der Waals surface area contributed by atoms with Gasteiger partial charge < -0.3 is 14.6 Å². The molecule has 0 bridgehead atoms. The van der Waals surface area contributed by atoms with Gasteiger partial charge in [0.15, 0.2) is 0 Å². The number of nitrogens with one attached hydrogen (secondary N) is 1. The van der Waals surface area contributed by atoms with E-state index in [1.807, 2.05) is 4.90 Å². The van der Waals surface area contributed by atoms with Gasteiger partial charge in [-0.05, 0) is 51.1 Å². The number of furan rings is 1. The highest BCUT2D eigenvalue weighted by molar-refractivity contribution is 5.93. The fourth-order valence-corrected chi connectivity index (χ4v) is 4.10. The van der Waals surface area contributed by atoms with Crippen molar-refractivity contribution in [1.29, 1.82) is 0 Å². The lowest BCUT2D eigenvalue weighted by Crippen LogP contribution is -2.51. The molecule has 3 fully saturated rings. The van der Waals surface area contributed by atoms with Gasteiger partial charge in [0.25, 0.3) is 5.91 Å². The van der Waals surface area contributed by atoms with E-state index in [-0.39, 0.29) is 17.7 Å². The minimum Gasteiger partial charge on any atom is -0.472 e. The molecule has 1 aliphatic carbocycles. The zero-order valence-corrected chi connectivity index (χ0v) is 14.7. The van der Waals surface area contributed by atoms with Crippen molar-refractivity contribution in [3.63, 3.8) is 0 Å². The molecule has 3 aliphatic rings. The summed E-state index contributed by atoms with van der Waals surface area (Å²) in [6.07, 6.45) is 9.42. The van der Waals surface area contributed by atoms with E-state index in [1.54, 1.807) is 12.3 Å². The minimum atomic E-state index is 0.0625. The van der Waals surface area contributed by atoms with Gasteiger partial charge in [0, 0.05) is 31.7 Å². The molecular weight excluding hydrogens is 318 g/mol. The summed E-state index contributed by atoms with van der Waals surface area (Å²) < 4.78 is 5.02. The van der Waals surface area contributed by atoms with Crippen LogP contribution in [0.15, 0.2) is 23.0 Å². The zero-order valence-electron chi connectivity index (χ0n) is 14.7. The number of piperidine rings is 2. The summed E-state index contributed by atoms with van der Waals surface area (Å²) >= 11 is 0. The highest BCUT2D eigenvalue weighted by atomic mass is 16.3. The van der Waals surface area contributed by atoms with Gasteiger partial charge in [0.05, 0.1) is 17.7 Å². The summed E-state index contributed by atoms with van der Waals surface area (Å²) in [5.74, 6) is 0.451. The second-order valence-electron chi connectivity index (χ2n) is 7.65. The Bertz CT molecular complexity index is 603. The lowest BCUT2D eigenvalue weighted by Gasteiger charge is -2.42.